The quantitative estimate of drug-likeness (QED) is 0.273. The minimum absolute atomic E-state index is 0.00619. The van der Waals surface area contributed by atoms with Crippen LogP contribution in [0.5, 0.6) is 5.75 Å². The van der Waals surface area contributed by atoms with Gasteiger partial charge in [-0.2, -0.15) is 0 Å². The van der Waals surface area contributed by atoms with Gasteiger partial charge in [-0.25, -0.2) is 9.59 Å². The van der Waals surface area contributed by atoms with Crippen LogP contribution in [-0.2, 0) is 14.4 Å². The summed E-state index contributed by atoms with van der Waals surface area (Å²) in [7, 11) is 0. The van der Waals surface area contributed by atoms with Gasteiger partial charge in [0, 0.05) is 12.8 Å². The first-order valence-electron chi connectivity index (χ1n) is 10.6. The van der Waals surface area contributed by atoms with E-state index in [1.165, 1.54) is 12.1 Å². The number of benzene rings is 1. The highest BCUT2D eigenvalue weighted by Gasteiger charge is 2.20. The fourth-order valence-corrected chi connectivity index (χ4v) is 2.97. The topological polar surface area (TPSA) is 156 Å². The second kappa shape index (κ2) is 14.8. The summed E-state index contributed by atoms with van der Waals surface area (Å²) in [4.78, 5) is 44.5. The number of unbranched alkanes of at least 4 members (excludes halogenated alkanes) is 6. The van der Waals surface area contributed by atoms with Crippen molar-refractivity contribution >= 4 is 23.8 Å². The van der Waals surface area contributed by atoms with Gasteiger partial charge >= 0.3 is 11.9 Å². The van der Waals surface area contributed by atoms with E-state index < -0.39 is 23.9 Å². The minimum Gasteiger partial charge on any atom is -0.494 e. The highest BCUT2D eigenvalue weighted by atomic mass is 16.5. The van der Waals surface area contributed by atoms with Crippen molar-refractivity contribution in [1.82, 2.24) is 5.32 Å². The van der Waals surface area contributed by atoms with E-state index in [-0.39, 0.29) is 30.7 Å². The number of carbonyl (C=O) groups is 4. The molecule has 0 saturated heterocycles. The van der Waals surface area contributed by atoms with Gasteiger partial charge in [-0.3, -0.25) is 9.59 Å². The normalized spacial score (nSPS) is 11.5. The van der Waals surface area contributed by atoms with Crippen LogP contribution in [0.3, 0.4) is 0 Å². The number of amides is 2. The van der Waals surface area contributed by atoms with Crippen LogP contribution in [0, 0.1) is 0 Å². The summed E-state index contributed by atoms with van der Waals surface area (Å²) in [6.45, 7) is 0.576. The third-order valence-electron chi connectivity index (χ3n) is 4.73. The Morgan fingerprint density at radius 3 is 2.00 bits per heavy atom. The fraction of sp³-hybridized carbons (Fsp3) is 0.545. The van der Waals surface area contributed by atoms with Crippen molar-refractivity contribution in [3.63, 3.8) is 0 Å². The Balaban J connectivity index is 2.02. The molecule has 0 radical (unpaired) electrons. The number of nitrogens with one attached hydrogen (secondary N) is 1. The van der Waals surface area contributed by atoms with Gasteiger partial charge in [0.25, 0.3) is 0 Å². The third-order valence-corrected chi connectivity index (χ3v) is 4.73. The van der Waals surface area contributed by atoms with Gasteiger partial charge in [0.1, 0.15) is 11.8 Å². The van der Waals surface area contributed by atoms with Crippen molar-refractivity contribution in [1.29, 1.82) is 0 Å². The maximum atomic E-state index is 11.8. The van der Waals surface area contributed by atoms with Crippen molar-refractivity contribution in [3.05, 3.63) is 29.8 Å². The Morgan fingerprint density at radius 2 is 1.45 bits per heavy atom. The molecule has 31 heavy (non-hydrogen) atoms. The summed E-state index contributed by atoms with van der Waals surface area (Å²) in [6.07, 6.45) is 6.77. The van der Waals surface area contributed by atoms with E-state index in [2.05, 4.69) is 5.32 Å². The monoisotopic (exact) mass is 436 g/mol. The number of ether oxygens (including phenoxy) is 1. The van der Waals surface area contributed by atoms with Gasteiger partial charge in [0.15, 0.2) is 0 Å². The van der Waals surface area contributed by atoms with Gasteiger partial charge in [-0.1, -0.05) is 32.1 Å². The predicted molar refractivity (Wildman–Crippen MR) is 114 cm³/mol. The van der Waals surface area contributed by atoms with E-state index >= 15 is 0 Å². The molecule has 0 aliphatic carbocycles. The summed E-state index contributed by atoms with van der Waals surface area (Å²) in [5.74, 6) is -2.40. The molecule has 5 N–H and O–H groups in total. The molecule has 1 aromatic rings. The zero-order valence-electron chi connectivity index (χ0n) is 17.7. The SMILES string of the molecule is NC(=O)CCC(NC(=O)CCCCCCCCCOc1ccc(C(=O)O)cc1)C(=O)O. The number of rotatable bonds is 17. The van der Waals surface area contributed by atoms with Gasteiger partial charge in [0.05, 0.1) is 12.2 Å². The molecule has 0 aliphatic heterocycles. The highest BCUT2D eigenvalue weighted by Crippen LogP contribution is 2.14. The van der Waals surface area contributed by atoms with E-state index in [0.717, 1.165) is 38.5 Å². The van der Waals surface area contributed by atoms with E-state index in [1.807, 2.05) is 0 Å². The standard InChI is InChI=1S/C22H32N2O7/c23-19(25)14-13-18(22(29)30)24-20(26)8-6-4-2-1-3-5-7-15-31-17-11-9-16(10-12-17)21(27)28/h9-12,18H,1-8,13-15H2,(H2,23,25)(H,24,26)(H,27,28)(H,29,30). The van der Waals surface area contributed by atoms with Gasteiger partial charge < -0.3 is 26.0 Å². The number of hydrogen-bond donors (Lipinski definition) is 4. The maximum absolute atomic E-state index is 11.8. The number of hydrogen-bond acceptors (Lipinski definition) is 5. The molecule has 0 heterocycles. The summed E-state index contributed by atoms with van der Waals surface area (Å²) < 4.78 is 5.59. The van der Waals surface area contributed by atoms with Crippen LogP contribution in [0.15, 0.2) is 24.3 Å². The average molecular weight is 437 g/mol. The van der Waals surface area contributed by atoms with Crippen LogP contribution >= 0.6 is 0 Å². The molecule has 1 rings (SSSR count). The molecular formula is C22H32N2O7. The molecule has 172 valence electrons. The van der Waals surface area contributed by atoms with E-state index in [1.54, 1.807) is 12.1 Å². The van der Waals surface area contributed by atoms with Gasteiger partial charge in [-0.05, 0) is 43.5 Å². The lowest BCUT2D eigenvalue weighted by Gasteiger charge is -2.13. The minimum atomic E-state index is -1.17. The first-order valence-corrected chi connectivity index (χ1v) is 10.6. The van der Waals surface area contributed by atoms with Crippen molar-refractivity contribution < 1.29 is 34.1 Å². The van der Waals surface area contributed by atoms with E-state index in [0.29, 0.717) is 18.8 Å². The Hall–Kier alpha value is -3.10. The molecule has 0 bridgehead atoms. The summed E-state index contributed by atoms with van der Waals surface area (Å²) in [6, 6.07) is 5.24. The smallest absolute Gasteiger partial charge is 0.335 e. The number of nitrogens with two attached hydrogens (primary N) is 1. The second-order valence-electron chi connectivity index (χ2n) is 7.37. The molecule has 2 amide bonds. The summed E-state index contributed by atoms with van der Waals surface area (Å²) >= 11 is 0. The Morgan fingerprint density at radius 1 is 0.871 bits per heavy atom. The number of carboxylic acids is 2. The van der Waals surface area contributed by atoms with Crippen LogP contribution in [0.1, 0.15) is 74.6 Å². The number of carboxylic acid groups (broad SMARTS) is 2. The van der Waals surface area contributed by atoms with Crippen molar-refractivity contribution in [2.75, 3.05) is 6.61 Å². The largest absolute Gasteiger partial charge is 0.494 e. The van der Waals surface area contributed by atoms with Gasteiger partial charge in [-0.15, -0.1) is 0 Å². The number of primary amides is 1. The number of aromatic carboxylic acids is 1. The molecule has 1 unspecified atom stereocenters. The van der Waals surface area contributed by atoms with Crippen LogP contribution in [0.25, 0.3) is 0 Å². The first kappa shape index (κ1) is 25.9. The van der Waals surface area contributed by atoms with E-state index in [9.17, 15) is 19.2 Å². The summed E-state index contributed by atoms with van der Waals surface area (Å²) in [5, 5.41) is 20.3. The van der Waals surface area contributed by atoms with Crippen molar-refractivity contribution in [2.24, 2.45) is 5.73 Å². The molecule has 0 fully saturated rings. The molecule has 0 aliphatic rings. The zero-order chi connectivity index (χ0) is 23.1. The lowest BCUT2D eigenvalue weighted by Crippen LogP contribution is -2.41. The average Bonchev–Trinajstić information content (AvgIpc) is 2.72. The molecule has 1 atom stereocenters. The Labute approximate surface area is 182 Å². The summed E-state index contributed by atoms with van der Waals surface area (Å²) in [5.41, 5.74) is 5.24. The number of aliphatic carboxylic acids is 1. The zero-order valence-corrected chi connectivity index (χ0v) is 17.7. The maximum Gasteiger partial charge on any atom is 0.335 e. The Bertz CT molecular complexity index is 719. The van der Waals surface area contributed by atoms with Crippen LogP contribution in [0.2, 0.25) is 0 Å². The molecular weight excluding hydrogens is 404 g/mol. The Kier molecular flexibility index (Phi) is 12.4. The lowest BCUT2D eigenvalue weighted by molar-refractivity contribution is -0.142. The van der Waals surface area contributed by atoms with Gasteiger partial charge in [0.2, 0.25) is 11.8 Å². The first-order chi connectivity index (χ1) is 14.8. The van der Waals surface area contributed by atoms with Crippen molar-refractivity contribution in [2.45, 2.75) is 70.3 Å². The third kappa shape index (κ3) is 12.2. The van der Waals surface area contributed by atoms with Crippen LogP contribution in [0.4, 0.5) is 0 Å². The molecule has 1 aromatic carbocycles. The molecule has 0 spiro atoms. The van der Waals surface area contributed by atoms with E-state index in [4.69, 9.17) is 20.7 Å². The number of carbonyl (C=O) groups excluding carboxylic acids is 2. The molecule has 0 saturated carbocycles. The molecule has 9 nitrogen and oxygen atoms in total. The predicted octanol–water partition coefficient (Wildman–Crippen LogP) is 2.72. The lowest BCUT2D eigenvalue weighted by atomic mass is 10.1. The van der Waals surface area contributed by atoms with Crippen LogP contribution in [-0.4, -0.2) is 46.6 Å². The molecule has 9 heteroatoms. The highest BCUT2D eigenvalue weighted by molar-refractivity contribution is 5.87. The molecule has 0 aromatic heterocycles. The second-order valence-corrected chi connectivity index (χ2v) is 7.37. The fourth-order valence-electron chi connectivity index (χ4n) is 2.97. The van der Waals surface area contributed by atoms with Crippen LogP contribution < -0.4 is 15.8 Å². The van der Waals surface area contributed by atoms with Crippen molar-refractivity contribution in [3.8, 4) is 5.75 Å².